The van der Waals surface area contributed by atoms with E-state index in [2.05, 4.69) is 0 Å². The first-order valence-electron chi connectivity index (χ1n) is 14.3. The highest BCUT2D eigenvalue weighted by molar-refractivity contribution is 5.80. The molecule has 7 rings (SSSR count). The van der Waals surface area contributed by atoms with Gasteiger partial charge < -0.3 is 14.6 Å². The normalized spacial score (nSPS) is 12.4. The number of aliphatic carboxylic acids is 1. The molecule has 0 atom stereocenters. The van der Waals surface area contributed by atoms with Gasteiger partial charge in [-0.05, 0) is 66.4 Å². The summed E-state index contributed by atoms with van der Waals surface area (Å²) in [4.78, 5) is 16.7. The van der Waals surface area contributed by atoms with E-state index in [9.17, 15) is 14.3 Å². The zero-order valence-electron chi connectivity index (χ0n) is 24.2. The molecule has 1 N–H and O–H groups in total. The predicted octanol–water partition coefficient (Wildman–Crippen LogP) is 7.58. The van der Waals surface area contributed by atoms with Crippen LogP contribution in [0.4, 0.5) is 4.39 Å². The van der Waals surface area contributed by atoms with Crippen molar-refractivity contribution in [3.05, 3.63) is 125 Å². The molecule has 0 fully saturated rings. The third kappa shape index (κ3) is 5.15. The van der Waals surface area contributed by atoms with Gasteiger partial charge >= 0.3 is 5.97 Å². The van der Waals surface area contributed by atoms with Crippen LogP contribution in [0.25, 0.3) is 39.3 Å². The smallest absolute Gasteiger partial charge is 0.307 e. The van der Waals surface area contributed by atoms with Crippen molar-refractivity contribution in [2.75, 3.05) is 0 Å². The van der Waals surface area contributed by atoms with Crippen molar-refractivity contribution in [3.63, 3.8) is 0 Å². The van der Waals surface area contributed by atoms with Crippen LogP contribution < -0.4 is 9.47 Å². The SMILES string of the molecule is Cc1ccc2cc1OCc1cccc(c1)COc1cc(F)ccc1-c1cccc(c1)-c1cc3nc(C)c(CC(=O)O)c-2n3n1. The summed E-state index contributed by atoms with van der Waals surface area (Å²) in [6.07, 6.45) is -0.209. The lowest BCUT2D eigenvalue weighted by Crippen LogP contribution is -2.10. The molecule has 1 aliphatic rings. The molecule has 0 amide bonds. The highest BCUT2D eigenvalue weighted by Crippen LogP contribution is 2.36. The van der Waals surface area contributed by atoms with Crippen molar-refractivity contribution in [3.8, 4) is 45.1 Å². The molecule has 0 radical (unpaired) electrons. The molecule has 7 nitrogen and oxygen atoms in total. The minimum atomic E-state index is -0.957. The molecule has 3 heterocycles. The fraction of sp³-hybridized carbons (Fsp3) is 0.139. The van der Waals surface area contributed by atoms with E-state index < -0.39 is 5.97 Å². The Bertz CT molecular complexity index is 2080. The van der Waals surface area contributed by atoms with Crippen molar-refractivity contribution in [2.45, 2.75) is 33.5 Å². The van der Waals surface area contributed by atoms with E-state index >= 15 is 0 Å². The summed E-state index contributed by atoms with van der Waals surface area (Å²) in [7, 11) is 0. The number of nitrogens with zero attached hydrogens (tertiary/aromatic N) is 3. The third-order valence-electron chi connectivity index (χ3n) is 7.89. The van der Waals surface area contributed by atoms with Crippen LogP contribution in [0.3, 0.4) is 0 Å². The Kier molecular flexibility index (Phi) is 6.81. The summed E-state index contributed by atoms with van der Waals surface area (Å²) < 4.78 is 28.6. The van der Waals surface area contributed by atoms with Gasteiger partial charge in [0.25, 0.3) is 0 Å². The second-order valence-corrected chi connectivity index (χ2v) is 11.0. The quantitative estimate of drug-likeness (QED) is 0.225. The third-order valence-corrected chi connectivity index (χ3v) is 7.89. The molecule has 2 aromatic heterocycles. The molecule has 0 saturated carbocycles. The number of carbonyl (C=O) groups is 1. The van der Waals surface area contributed by atoms with E-state index in [-0.39, 0.29) is 18.8 Å². The van der Waals surface area contributed by atoms with Crippen LogP contribution in [0, 0.1) is 19.7 Å². The molecule has 0 spiro atoms. The van der Waals surface area contributed by atoms with Gasteiger partial charge in [0.1, 0.15) is 30.5 Å². The van der Waals surface area contributed by atoms with Crippen molar-refractivity contribution < 1.29 is 23.8 Å². The largest absolute Gasteiger partial charge is 0.489 e. The highest BCUT2D eigenvalue weighted by Gasteiger charge is 2.21. The molecule has 218 valence electrons. The van der Waals surface area contributed by atoms with Gasteiger partial charge in [-0.25, -0.2) is 13.9 Å². The minimum Gasteiger partial charge on any atom is -0.489 e. The number of ether oxygens (including phenoxy) is 2. The first-order valence-corrected chi connectivity index (χ1v) is 14.3. The number of aryl methyl sites for hydroxylation is 2. The summed E-state index contributed by atoms with van der Waals surface area (Å²) in [6.45, 7) is 4.36. The molecule has 8 bridgehead atoms. The number of hydrogen-bond donors (Lipinski definition) is 1. The number of fused-ring (bicyclic) bond motifs is 11. The summed E-state index contributed by atoms with van der Waals surface area (Å²) in [5.74, 6) is -0.234. The number of carboxylic acid groups (broad SMARTS) is 1. The maximum atomic E-state index is 14.4. The van der Waals surface area contributed by atoms with Crippen LogP contribution in [0.2, 0.25) is 0 Å². The molecule has 0 saturated heterocycles. The van der Waals surface area contributed by atoms with Gasteiger partial charge in [0.15, 0.2) is 5.65 Å². The number of benzene rings is 4. The molecule has 44 heavy (non-hydrogen) atoms. The van der Waals surface area contributed by atoms with Crippen LogP contribution in [-0.4, -0.2) is 25.7 Å². The second-order valence-electron chi connectivity index (χ2n) is 11.0. The van der Waals surface area contributed by atoms with E-state index in [0.717, 1.165) is 38.9 Å². The predicted molar refractivity (Wildman–Crippen MR) is 165 cm³/mol. The van der Waals surface area contributed by atoms with E-state index in [4.69, 9.17) is 19.6 Å². The molecule has 0 unspecified atom stereocenters. The monoisotopic (exact) mass is 585 g/mol. The molecule has 1 aliphatic heterocycles. The lowest BCUT2D eigenvalue weighted by Gasteiger charge is -2.16. The van der Waals surface area contributed by atoms with Crippen LogP contribution in [0.1, 0.15) is 27.9 Å². The Morgan fingerprint density at radius 1 is 0.841 bits per heavy atom. The average Bonchev–Trinajstić information content (AvgIpc) is 3.43. The Hall–Kier alpha value is -5.50. The van der Waals surface area contributed by atoms with Gasteiger partial charge in [0.05, 0.1) is 17.8 Å². The van der Waals surface area contributed by atoms with Crippen LogP contribution in [0.15, 0.2) is 91.0 Å². The zero-order valence-corrected chi connectivity index (χ0v) is 24.2. The molecule has 8 heteroatoms. The second kappa shape index (κ2) is 11.0. The summed E-state index contributed by atoms with van der Waals surface area (Å²) in [5, 5.41) is 14.8. The van der Waals surface area contributed by atoms with Crippen molar-refractivity contribution in [1.82, 2.24) is 14.6 Å². The van der Waals surface area contributed by atoms with E-state index in [1.165, 1.54) is 12.1 Å². The van der Waals surface area contributed by atoms with Crippen LogP contribution in [-0.2, 0) is 24.4 Å². The van der Waals surface area contributed by atoms with Gasteiger partial charge in [-0.1, -0.05) is 48.5 Å². The van der Waals surface area contributed by atoms with E-state index in [0.29, 0.717) is 46.4 Å². The zero-order chi connectivity index (χ0) is 30.4. The Balaban J connectivity index is 1.48. The van der Waals surface area contributed by atoms with Crippen molar-refractivity contribution in [2.24, 2.45) is 0 Å². The first-order chi connectivity index (χ1) is 21.3. The maximum absolute atomic E-state index is 14.4. The maximum Gasteiger partial charge on any atom is 0.307 e. The molecule has 6 aromatic rings. The number of aromatic nitrogens is 3. The number of hydrogen-bond acceptors (Lipinski definition) is 5. The highest BCUT2D eigenvalue weighted by atomic mass is 19.1. The fourth-order valence-electron chi connectivity index (χ4n) is 5.69. The molecule has 0 aliphatic carbocycles. The van der Waals surface area contributed by atoms with Crippen molar-refractivity contribution >= 4 is 11.6 Å². The van der Waals surface area contributed by atoms with E-state index in [1.54, 1.807) is 10.6 Å². The summed E-state index contributed by atoms with van der Waals surface area (Å²) >= 11 is 0. The number of rotatable bonds is 2. The Morgan fingerprint density at radius 3 is 2.39 bits per heavy atom. The molecular weight excluding hydrogens is 557 g/mol. The van der Waals surface area contributed by atoms with Gasteiger partial charge in [0.2, 0.25) is 0 Å². The van der Waals surface area contributed by atoms with Crippen molar-refractivity contribution in [1.29, 1.82) is 0 Å². The summed E-state index contributed by atoms with van der Waals surface area (Å²) in [5.41, 5.74) is 9.10. The van der Waals surface area contributed by atoms with Gasteiger partial charge in [-0.15, -0.1) is 0 Å². The van der Waals surface area contributed by atoms with Gasteiger partial charge in [-0.2, -0.15) is 5.10 Å². The lowest BCUT2D eigenvalue weighted by molar-refractivity contribution is -0.136. The van der Waals surface area contributed by atoms with Gasteiger partial charge in [-0.3, -0.25) is 4.79 Å². The average molecular weight is 586 g/mol. The Morgan fingerprint density at radius 2 is 1.59 bits per heavy atom. The minimum absolute atomic E-state index is 0.209. The number of carboxylic acids is 1. The topological polar surface area (TPSA) is 86.0 Å². The van der Waals surface area contributed by atoms with Gasteiger partial charge in [0, 0.05) is 40.1 Å². The van der Waals surface area contributed by atoms with Crippen LogP contribution >= 0.6 is 0 Å². The Labute approximate surface area is 253 Å². The van der Waals surface area contributed by atoms with E-state index in [1.807, 2.05) is 86.6 Å². The first kappa shape index (κ1) is 27.3. The molecule has 4 aromatic carbocycles. The summed E-state index contributed by atoms with van der Waals surface area (Å²) in [6, 6.07) is 28.0. The fourth-order valence-corrected chi connectivity index (χ4v) is 5.69. The lowest BCUT2D eigenvalue weighted by atomic mass is 10.00. The molecular formula is C36H28FN3O4. The van der Waals surface area contributed by atoms with Crippen LogP contribution in [0.5, 0.6) is 11.5 Å². The standard InChI is InChI=1S/C36H28FN3O4/c1-21-9-10-27-15-32(21)43-19-23-5-3-6-24(13-23)20-44-33-16-28(37)11-12-29(33)25-7-4-8-26(14-25)31-18-34-38-22(2)30(17-35(41)42)36(27)40(34)39-31/h3-16,18H,17,19-20H2,1-2H3,(H,41,42). The number of halogens is 1.